The first kappa shape index (κ1) is 14.3. The van der Waals surface area contributed by atoms with E-state index in [2.05, 4.69) is 34.4 Å². The van der Waals surface area contributed by atoms with Crippen molar-refractivity contribution in [1.29, 1.82) is 0 Å². The number of amides is 1. The number of likely N-dealkylation sites (tertiary alicyclic amines) is 1. The number of anilines is 1. The third-order valence-electron chi connectivity index (χ3n) is 4.24. The van der Waals surface area contributed by atoms with Crippen LogP contribution in [0.4, 0.5) is 5.82 Å². The third kappa shape index (κ3) is 3.73. The predicted octanol–water partition coefficient (Wildman–Crippen LogP) is 1.87. The van der Waals surface area contributed by atoms with Crippen LogP contribution in [-0.4, -0.2) is 47.0 Å². The summed E-state index contributed by atoms with van der Waals surface area (Å²) in [6.45, 7) is 6.39. The molecule has 1 saturated heterocycles. The average molecular weight is 288 g/mol. The summed E-state index contributed by atoms with van der Waals surface area (Å²) in [5.74, 6) is 0.844. The fourth-order valence-corrected chi connectivity index (χ4v) is 2.69. The predicted molar refractivity (Wildman–Crippen MR) is 83.5 cm³/mol. The summed E-state index contributed by atoms with van der Waals surface area (Å²) in [7, 11) is 0. The number of nitrogens with zero attached hydrogens (tertiary/aromatic N) is 2. The molecule has 2 N–H and O–H groups in total. The smallest absolute Gasteiger partial charge is 0.253 e. The Morgan fingerprint density at radius 3 is 2.67 bits per heavy atom. The third-order valence-corrected chi connectivity index (χ3v) is 4.24. The van der Waals surface area contributed by atoms with Crippen molar-refractivity contribution in [2.45, 2.75) is 51.2 Å². The van der Waals surface area contributed by atoms with Gasteiger partial charge in [0.1, 0.15) is 5.82 Å². The van der Waals surface area contributed by atoms with Gasteiger partial charge in [-0.05, 0) is 45.2 Å². The highest BCUT2D eigenvalue weighted by Crippen LogP contribution is 2.23. The van der Waals surface area contributed by atoms with Crippen LogP contribution in [0, 0.1) is 0 Å². The number of hydrogen-bond acceptors (Lipinski definition) is 4. The molecule has 1 unspecified atom stereocenters. The number of hydrogen-bond donors (Lipinski definition) is 2. The molecule has 2 heterocycles. The van der Waals surface area contributed by atoms with Crippen LogP contribution in [0.5, 0.6) is 0 Å². The Morgan fingerprint density at radius 1 is 1.29 bits per heavy atom. The second-order valence-corrected chi connectivity index (χ2v) is 6.40. The summed E-state index contributed by atoms with van der Waals surface area (Å²) in [5.41, 5.74) is 0.638. The van der Waals surface area contributed by atoms with Crippen LogP contribution in [0.25, 0.3) is 0 Å². The van der Waals surface area contributed by atoms with Gasteiger partial charge >= 0.3 is 0 Å². The van der Waals surface area contributed by atoms with E-state index in [-0.39, 0.29) is 11.9 Å². The molecule has 5 heteroatoms. The van der Waals surface area contributed by atoms with E-state index < -0.39 is 0 Å². The van der Waals surface area contributed by atoms with Gasteiger partial charge in [0.15, 0.2) is 0 Å². The van der Waals surface area contributed by atoms with E-state index in [9.17, 15) is 4.79 Å². The van der Waals surface area contributed by atoms with Crippen molar-refractivity contribution in [3.05, 3.63) is 23.9 Å². The molecule has 5 nitrogen and oxygen atoms in total. The lowest BCUT2D eigenvalue weighted by molar-refractivity contribution is 0.0936. The first-order valence-corrected chi connectivity index (χ1v) is 7.89. The van der Waals surface area contributed by atoms with Crippen LogP contribution in [0.1, 0.15) is 43.5 Å². The van der Waals surface area contributed by atoms with Crippen molar-refractivity contribution in [2.75, 3.05) is 18.4 Å². The maximum absolute atomic E-state index is 12.2. The second-order valence-electron chi connectivity index (χ2n) is 6.40. The summed E-state index contributed by atoms with van der Waals surface area (Å²) < 4.78 is 0. The van der Waals surface area contributed by atoms with Crippen LogP contribution in [0.15, 0.2) is 18.3 Å². The average Bonchev–Trinajstić information content (AvgIpc) is 3.15. The highest BCUT2D eigenvalue weighted by atomic mass is 16.1. The van der Waals surface area contributed by atoms with Crippen LogP contribution in [0.3, 0.4) is 0 Å². The SMILES string of the molecule is CC(C)N1CCC(NC(=O)c2ccc(NC3CC3)nc2)C1. The zero-order chi connectivity index (χ0) is 14.8. The fraction of sp³-hybridized carbons (Fsp3) is 0.625. The highest BCUT2D eigenvalue weighted by molar-refractivity contribution is 5.94. The van der Waals surface area contributed by atoms with E-state index in [1.165, 1.54) is 12.8 Å². The first-order valence-electron chi connectivity index (χ1n) is 7.89. The van der Waals surface area contributed by atoms with Gasteiger partial charge in [-0.3, -0.25) is 9.69 Å². The summed E-state index contributed by atoms with van der Waals surface area (Å²) in [6.07, 6.45) is 5.13. The summed E-state index contributed by atoms with van der Waals surface area (Å²) in [5, 5.41) is 6.44. The minimum Gasteiger partial charge on any atom is -0.367 e. The Kier molecular flexibility index (Phi) is 4.10. The van der Waals surface area contributed by atoms with Crippen molar-refractivity contribution in [2.24, 2.45) is 0 Å². The molecule has 1 aromatic rings. The molecule has 21 heavy (non-hydrogen) atoms. The van der Waals surface area contributed by atoms with E-state index in [0.29, 0.717) is 17.6 Å². The van der Waals surface area contributed by atoms with Crippen LogP contribution in [-0.2, 0) is 0 Å². The maximum atomic E-state index is 12.2. The Bertz CT molecular complexity index is 496. The number of aromatic nitrogens is 1. The molecule has 1 atom stereocenters. The molecule has 1 aliphatic carbocycles. The van der Waals surface area contributed by atoms with Gasteiger partial charge in [0.05, 0.1) is 5.56 Å². The van der Waals surface area contributed by atoms with Crippen molar-refractivity contribution in [3.8, 4) is 0 Å². The maximum Gasteiger partial charge on any atom is 0.253 e. The molecule has 0 bridgehead atoms. The van der Waals surface area contributed by atoms with E-state index in [1.54, 1.807) is 6.20 Å². The molecule has 1 aliphatic heterocycles. The Hall–Kier alpha value is -1.62. The number of carbonyl (C=O) groups is 1. The number of pyridine rings is 1. The Labute approximate surface area is 126 Å². The lowest BCUT2D eigenvalue weighted by atomic mass is 10.2. The largest absolute Gasteiger partial charge is 0.367 e. The lowest BCUT2D eigenvalue weighted by Gasteiger charge is -2.20. The topological polar surface area (TPSA) is 57.3 Å². The summed E-state index contributed by atoms with van der Waals surface area (Å²) >= 11 is 0. The van der Waals surface area contributed by atoms with Crippen LogP contribution >= 0.6 is 0 Å². The van der Waals surface area contributed by atoms with Gasteiger partial charge in [-0.25, -0.2) is 4.98 Å². The molecule has 2 aliphatic rings. The van der Waals surface area contributed by atoms with E-state index in [1.807, 2.05) is 12.1 Å². The minimum absolute atomic E-state index is 0.0175. The van der Waals surface area contributed by atoms with E-state index in [0.717, 1.165) is 25.3 Å². The Morgan fingerprint density at radius 2 is 2.10 bits per heavy atom. The van der Waals surface area contributed by atoms with E-state index >= 15 is 0 Å². The molecule has 0 radical (unpaired) electrons. The normalized spacial score (nSPS) is 22.5. The van der Waals surface area contributed by atoms with Gasteiger partial charge < -0.3 is 10.6 Å². The molecule has 3 rings (SSSR count). The van der Waals surface area contributed by atoms with Crippen molar-refractivity contribution >= 4 is 11.7 Å². The summed E-state index contributed by atoms with van der Waals surface area (Å²) in [4.78, 5) is 18.9. The molecular weight excluding hydrogens is 264 g/mol. The minimum atomic E-state index is -0.0175. The quantitative estimate of drug-likeness (QED) is 0.868. The highest BCUT2D eigenvalue weighted by Gasteiger charge is 2.26. The van der Waals surface area contributed by atoms with Crippen molar-refractivity contribution in [1.82, 2.24) is 15.2 Å². The van der Waals surface area contributed by atoms with Gasteiger partial charge in [0, 0.05) is 37.4 Å². The van der Waals surface area contributed by atoms with Gasteiger partial charge in [-0.1, -0.05) is 0 Å². The second kappa shape index (κ2) is 6.02. The molecule has 0 aromatic carbocycles. The zero-order valence-electron chi connectivity index (χ0n) is 12.8. The Balaban J connectivity index is 1.53. The molecule has 1 amide bonds. The fourth-order valence-electron chi connectivity index (χ4n) is 2.69. The summed E-state index contributed by atoms with van der Waals surface area (Å²) in [6, 6.07) is 5.12. The van der Waals surface area contributed by atoms with Crippen LogP contribution in [0.2, 0.25) is 0 Å². The van der Waals surface area contributed by atoms with Gasteiger partial charge in [0.2, 0.25) is 0 Å². The van der Waals surface area contributed by atoms with Crippen molar-refractivity contribution in [3.63, 3.8) is 0 Å². The lowest BCUT2D eigenvalue weighted by Crippen LogP contribution is -2.38. The standard InChI is InChI=1S/C16H24N4O/c1-11(2)20-8-7-14(10-20)19-16(21)12-3-6-15(17-9-12)18-13-4-5-13/h3,6,9,11,13-14H,4-5,7-8,10H2,1-2H3,(H,17,18)(H,19,21). The zero-order valence-corrected chi connectivity index (χ0v) is 12.8. The molecule has 2 fully saturated rings. The van der Waals surface area contributed by atoms with Gasteiger partial charge in [-0.15, -0.1) is 0 Å². The monoisotopic (exact) mass is 288 g/mol. The molecule has 114 valence electrons. The molecule has 0 spiro atoms. The van der Waals surface area contributed by atoms with Gasteiger partial charge in [0.25, 0.3) is 5.91 Å². The van der Waals surface area contributed by atoms with Crippen molar-refractivity contribution < 1.29 is 4.79 Å². The molecule has 1 saturated carbocycles. The van der Waals surface area contributed by atoms with Gasteiger partial charge in [-0.2, -0.15) is 0 Å². The van der Waals surface area contributed by atoms with Crippen LogP contribution < -0.4 is 10.6 Å². The molecule has 1 aromatic heterocycles. The first-order chi connectivity index (χ1) is 10.1. The number of nitrogens with one attached hydrogen (secondary N) is 2. The molecular formula is C16H24N4O. The number of carbonyl (C=O) groups excluding carboxylic acids is 1. The number of rotatable bonds is 5. The van der Waals surface area contributed by atoms with E-state index in [4.69, 9.17) is 0 Å².